The van der Waals surface area contributed by atoms with Crippen molar-refractivity contribution in [3.8, 4) is 0 Å². The van der Waals surface area contributed by atoms with Crippen molar-refractivity contribution in [2.45, 2.75) is 64.9 Å². The number of aliphatic hydroxyl groups excluding tert-OH is 1. The highest BCUT2D eigenvalue weighted by Crippen LogP contribution is 2.37. The van der Waals surface area contributed by atoms with Gasteiger partial charge in [-0.3, -0.25) is 9.59 Å². The maximum Gasteiger partial charge on any atom is 0.314 e. The van der Waals surface area contributed by atoms with Gasteiger partial charge in [-0.25, -0.2) is 0 Å². The van der Waals surface area contributed by atoms with Gasteiger partial charge in [0.15, 0.2) is 0 Å². The third-order valence-electron chi connectivity index (χ3n) is 5.68. The number of hydrogen-bond acceptors (Lipinski definition) is 3. The van der Waals surface area contributed by atoms with Gasteiger partial charge in [-0.05, 0) is 50.0 Å². The second kappa shape index (κ2) is 9.88. The minimum absolute atomic E-state index is 0.00475. The molecule has 0 bridgehead atoms. The summed E-state index contributed by atoms with van der Waals surface area (Å²) in [4.78, 5) is 26.3. The van der Waals surface area contributed by atoms with Crippen molar-refractivity contribution in [2.24, 2.45) is 11.3 Å². The highest BCUT2D eigenvalue weighted by atomic mass is 16.4. The molecule has 0 unspecified atom stereocenters. The zero-order valence-electron chi connectivity index (χ0n) is 16.6. The van der Waals surface area contributed by atoms with E-state index in [2.05, 4.69) is 12.1 Å². The molecule has 0 saturated carbocycles. The van der Waals surface area contributed by atoms with Crippen molar-refractivity contribution < 1.29 is 19.8 Å². The number of unbranched alkanes of at least 4 members (excludes halogenated alkanes) is 1. The number of carboxylic acids is 1. The van der Waals surface area contributed by atoms with Crippen molar-refractivity contribution in [2.75, 3.05) is 13.1 Å². The Kier molecular flexibility index (Phi) is 7.84. The Morgan fingerprint density at radius 3 is 2.56 bits per heavy atom. The fourth-order valence-electron chi connectivity index (χ4n) is 3.81. The molecule has 0 spiro atoms. The number of carboxylic acid groups (broad SMARTS) is 1. The molecule has 1 saturated heterocycles. The van der Waals surface area contributed by atoms with E-state index in [0.717, 1.165) is 25.7 Å². The zero-order chi connectivity index (χ0) is 19.9. The Bertz CT molecular complexity index is 616. The molecular weight excluding hydrogens is 342 g/mol. The smallest absolute Gasteiger partial charge is 0.314 e. The number of nitrogens with zero attached hydrogens (tertiary/aromatic N) is 1. The third kappa shape index (κ3) is 5.80. The molecule has 1 aromatic carbocycles. The van der Waals surface area contributed by atoms with Gasteiger partial charge in [-0.2, -0.15) is 0 Å². The van der Waals surface area contributed by atoms with E-state index in [1.165, 1.54) is 5.56 Å². The second-order valence-corrected chi connectivity index (χ2v) is 8.21. The van der Waals surface area contributed by atoms with E-state index in [1.807, 2.05) is 32.0 Å². The summed E-state index contributed by atoms with van der Waals surface area (Å²) in [6, 6.07) is 10.2. The van der Waals surface area contributed by atoms with Gasteiger partial charge < -0.3 is 15.1 Å². The predicted octanol–water partition coefficient (Wildman–Crippen LogP) is 3.50. The molecule has 0 aromatic heterocycles. The van der Waals surface area contributed by atoms with Gasteiger partial charge in [0, 0.05) is 19.5 Å². The summed E-state index contributed by atoms with van der Waals surface area (Å²) < 4.78 is 0. The van der Waals surface area contributed by atoms with E-state index in [-0.39, 0.29) is 12.5 Å². The molecule has 1 aromatic rings. The number of carbonyl (C=O) groups is 2. The molecule has 2 rings (SSSR count). The lowest BCUT2D eigenvalue weighted by Crippen LogP contribution is -2.57. The van der Waals surface area contributed by atoms with E-state index in [1.54, 1.807) is 4.90 Å². The molecule has 1 amide bonds. The van der Waals surface area contributed by atoms with Crippen molar-refractivity contribution in [1.82, 2.24) is 4.90 Å². The van der Waals surface area contributed by atoms with E-state index >= 15 is 0 Å². The van der Waals surface area contributed by atoms with Crippen LogP contribution in [0.25, 0.3) is 0 Å². The average molecular weight is 376 g/mol. The fraction of sp³-hybridized carbons (Fsp3) is 0.636. The maximum absolute atomic E-state index is 12.6. The molecule has 2 atom stereocenters. The molecule has 5 nitrogen and oxygen atoms in total. The number of aliphatic hydroxyl groups is 1. The van der Waals surface area contributed by atoms with Crippen LogP contribution in [0.2, 0.25) is 0 Å². The first-order chi connectivity index (χ1) is 12.8. The van der Waals surface area contributed by atoms with E-state index in [4.69, 9.17) is 0 Å². The summed E-state index contributed by atoms with van der Waals surface area (Å²) in [5, 5.41) is 20.2. The lowest BCUT2D eigenvalue weighted by atomic mass is 9.72. The Labute approximate surface area is 162 Å². The first kappa shape index (κ1) is 21.4. The Balaban J connectivity index is 1.89. The number of carbonyl (C=O) groups excluding carboxylic acids is 1. The predicted molar refractivity (Wildman–Crippen MR) is 105 cm³/mol. The van der Waals surface area contributed by atoms with E-state index in [0.29, 0.717) is 31.7 Å². The number of hydrogen-bond donors (Lipinski definition) is 2. The minimum atomic E-state index is -1.23. The van der Waals surface area contributed by atoms with Crippen LogP contribution >= 0.6 is 0 Å². The molecule has 1 aliphatic heterocycles. The van der Waals surface area contributed by atoms with Gasteiger partial charge in [-0.15, -0.1) is 0 Å². The van der Waals surface area contributed by atoms with Crippen molar-refractivity contribution >= 4 is 11.9 Å². The van der Waals surface area contributed by atoms with Crippen molar-refractivity contribution in [1.29, 1.82) is 0 Å². The van der Waals surface area contributed by atoms with Crippen LogP contribution in [0.5, 0.6) is 0 Å². The molecule has 0 aliphatic carbocycles. The number of amides is 1. The van der Waals surface area contributed by atoms with Gasteiger partial charge in [0.05, 0.1) is 6.10 Å². The molecule has 2 N–H and O–H groups in total. The first-order valence-corrected chi connectivity index (χ1v) is 10.1. The lowest BCUT2D eigenvalue weighted by Gasteiger charge is -2.43. The fourth-order valence-corrected chi connectivity index (χ4v) is 3.81. The summed E-state index contributed by atoms with van der Waals surface area (Å²) >= 11 is 0. The SMILES string of the molecule is CC(C)CC[C@@]1(C(=O)O)CN(C(=O)CCCCc2ccccc2)CC[C@H]1O. The van der Waals surface area contributed by atoms with Gasteiger partial charge in [-0.1, -0.05) is 44.2 Å². The summed E-state index contributed by atoms with van der Waals surface area (Å²) in [6.45, 7) is 4.64. The number of likely N-dealkylation sites (tertiary alicyclic amines) is 1. The summed E-state index contributed by atoms with van der Waals surface area (Å²) in [6.07, 6.45) is 3.67. The highest BCUT2D eigenvalue weighted by molar-refractivity contribution is 5.80. The van der Waals surface area contributed by atoms with Gasteiger partial charge >= 0.3 is 5.97 Å². The standard InChI is InChI=1S/C22H33NO4/c1-17(2)12-14-22(21(26)27)16-23(15-13-19(22)24)20(25)11-7-6-10-18-8-4-3-5-9-18/h3-5,8-9,17,19,24H,6-7,10-16H2,1-2H3,(H,26,27)/t19-,22-/m1/s1. The molecule has 0 radical (unpaired) electrons. The van der Waals surface area contributed by atoms with Crippen LogP contribution in [-0.2, 0) is 16.0 Å². The average Bonchev–Trinajstić information content (AvgIpc) is 2.65. The number of rotatable bonds is 9. The molecule has 150 valence electrons. The molecular formula is C22H33NO4. The third-order valence-corrected chi connectivity index (χ3v) is 5.68. The van der Waals surface area contributed by atoms with Crippen LogP contribution < -0.4 is 0 Å². The van der Waals surface area contributed by atoms with E-state index in [9.17, 15) is 19.8 Å². The largest absolute Gasteiger partial charge is 0.481 e. The van der Waals surface area contributed by atoms with E-state index < -0.39 is 17.5 Å². The lowest BCUT2D eigenvalue weighted by molar-refractivity contribution is -0.167. The number of aliphatic carboxylic acids is 1. The number of piperidine rings is 1. The quantitative estimate of drug-likeness (QED) is 0.648. The summed E-state index contributed by atoms with van der Waals surface area (Å²) in [5.41, 5.74) is 0.0343. The van der Waals surface area contributed by atoms with Gasteiger partial charge in [0.1, 0.15) is 5.41 Å². The topological polar surface area (TPSA) is 77.8 Å². The Hall–Kier alpha value is -1.88. The second-order valence-electron chi connectivity index (χ2n) is 8.21. The molecule has 1 fully saturated rings. The van der Waals surface area contributed by atoms with Crippen LogP contribution in [0.4, 0.5) is 0 Å². The van der Waals surface area contributed by atoms with Crippen LogP contribution in [0, 0.1) is 11.3 Å². The molecule has 1 aliphatic rings. The zero-order valence-corrected chi connectivity index (χ0v) is 16.6. The highest BCUT2D eigenvalue weighted by Gasteiger charge is 2.49. The molecule has 27 heavy (non-hydrogen) atoms. The van der Waals surface area contributed by atoms with Crippen LogP contribution in [0.3, 0.4) is 0 Å². The number of benzene rings is 1. The molecule has 5 heteroatoms. The Morgan fingerprint density at radius 2 is 1.93 bits per heavy atom. The monoisotopic (exact) mass is 375 g/mol. The normalized spacial score (nSPS) is 22.8. The minimum Gasteiger partial charge on any atom is -0.481 e. The Morgan fingerprint density at radius 1 is 1.22 bits per heavy atom. The summed E-state index contributed by atoms with van der Waals surface area (Å²) in [7, 11) is 0. The van der Waals surface area contributed by atoms with Crippen LogP contribution in [-0.4, -0.2) is 46.2 Å². The van der Waals surface area contributed by atoms with Crippen molar-refractivity contribution in [3.63, 3.8) is 0 Å². The van der Waals surface area contributed by atoms with Gasteiger partial charge in [0.25, 0.3) is 0 Å². The number of aryl methyl sites for hydroxylation is 1. The van der Waals surface area contributed by atoms with Gasteiger partial charge in [0.2, 0.25) is 5.91 Å². The van der Waals surface area contributed by atoms with Crippen LogP contribution in [0.1, 0.15) is 57.9 Å². The van der Waals surface area contributed by atoms with Crippen LogP contribution in [0.15, 0.2) is 30.3 Å². The molecule has 1 heterocycles. The summed E-state index contributed by atoms with van der Waals surface area (Å²) in [5.74, 6) is -0.625. The first-order valence-electron chi connectivity index (χ1n) is 10.1. The maximum atomic E-state index is 12.6. The van der Waals surface area contributed by atoms with Crippen molar-refractivity contribution in [3.05, 3.63) is 35.9 Å².